The molecule has 21 heavy (non-hydrogen) atoms. The predicted octanol–water partition coefficient (Wildman–Crippen LogP) is 3.18. The summed E-state index contributed by atoms with van der Waals surface area (Å²) < 4.78 is 0. The highest BCUT2D eigenvalue weighted by atomic mass is 35.5. The van der Waals surface area contributed by atoms with Crippen molar-refractivity contribution in [3.05, 3.63) is 45.4 Å². The summed E-state index contributed by atoms with van der Waals surface area (Å²) in [7, 11) is 0. The summed E-state index contributed by atoms with van der Waals surface area (Å²) in [6.45, 7) is 6.16. The lowest BCUT2D eigenvalue weighted by Gasteiger charge is -2.13. The number of nitrogens with zero attached hydrogens (tertiary/aromatic N) is 1. The number of amides is 1. The van der Waals surface area contributed by atoms with Crippen LogP contribution in [-0.4, -0.2) is 10.9 Å². The molecule has 0 aliphatic carbocycles. The van der Waals surface area contributed by atoms with Crippen LogP contribution in [0.1, 0.15) is 34.0 Å². The molecule has 0 fully saturated rings. The Morgan fingerprint density at radius 2 is 2.14 bits per heavy atom. The van der Waals surface area contributed by atoms with Crippen LogP contribution in [0.2, 0.25) is 0 Å². The minimum absolute atomic E-state index is 0. The first-order valence-corrected chi connectivity index (χ1v) is 7.34. The van der Waals surface area contributed by atoms with Crippen molar-refractivity contribution in [1.29, 1.82) is 0 Å². The quantitative estimate of drug-likeness (QED) is 0.907. The summed E-state index contributed by atoms with van der Waals surface area (Å²) in [5, 5.41) is 3.01. The molecule has 2 heterocycles. The fourth-order valence-electron chi connectivity index (χ4n) is 2.16. The number of nitrogens with two attached hydrogens (primary N) is 1. The lowest BCUT2D eigenvalue weighted by atomic mass is 10.1. The molecule has 0 saturated carbocycles. The van der Waals surface area contributed by atoms with Crippen LogP contribution in [0.4, 0.5) is 5.69 Å². The van der Waals surface area contributed by atoms with Crippen LogP contribution in [0.5, 0.6) is 0 Å². The van der Waals surface area contributed by atoms with Gasteiger partial charge in [0.15, 0.2) is 0 Å². The van der Waals surface area contributed by atoms with E-state index in [-0.39, 0.29) is 30.8 Å². The van der Waals surface area contributed by atoms with E-state index in [9.17, 15) is 4.79 Å². The normalized spacial score (nSPS) is 11.6. The molecule has 1 amide bonds. The average molecular weight is 326 g/mol. The van der Waals surface area contributed by atoms with Crippen molar-refractivity contribution in [2.75, 3.05) is 5.73 Å². The van der Waals surface area contributed by atoms with Gasteiger partial charge in [0.2, 0.25) is 5.91 Å². The van der Waals surface area contributed by atoms with Gasteiger partial charge in [-0.15, -0.1) is 23.7 Å². The van der Waals surface area contributed by atoms with E-state index in [1.165, 1.54) is 15.3 Å². The van der Waals surface area contributed by atoms with Gasteiger partial charge in [0.1, 0.15) is 0 Å². The van der Waals surface area contributed by atoms with Gasteiger partial charge < -0.3 is 11.1 Å². The Hall–Kier alpha value is -1.59. The molecule has 4 nitrogen and oxygen atoms in total. The van der Waals surface area contributed by atoms with Gasteiger partial charge in [-0.3, -0.25) is 9.78 Å². The number of thiophene rings is 1. The average Bonchev–Trinajstić information content (AvgIpc) is 2.71. The van der Waals surface area contributed by atoms with Crippen molar-refractivity contribution in [3.63, 3.8) is 0 Å². The Balaban J connectivity index is 0.00000220. The Labute approximate surface area is 135 Å². The number of nitrogen functional groups attached to an aromatic ring is 1. The van der Waals surface area contributed by atoms with Crippen molar-refractivity contribution in [2.24, 2.45) is 0 Å². The topological polar surface area (TPSA) is 68.0 Å². The molecule has 3 N–H and O–H groups in total. The number of carbonyl (C=O) groups is 1. The van der Waals surface area contributed by atoms with Crippen LogP contribution in [0.3, 0.4) is 0 Å². The molecule has 0 radical (unpaired) electrons. The maximum atomic E-state index is 12.0. The summed E-state index contributed by atoms with van der Waals surface area (Å²) in [4.78, 5) is 18.7. The standard InChI is InChI=1S/C15H19N3OS.ClH/c1-9-6-14(11(3)20-9)10(2)18-15(19)7-13-5-4-12(16)8-17-13;/h4-6,8,10H,7,16H2,1-3H3,(H,18,19);1H. The molecular formula is C15H20ClN3OS. The van der Waals surface area contributed by atoms with Crippen molar-refractivity contribution < 1.29 is 4.79 Å². The highest BCUT2D eigenvalue weighted by molar-refractivity contribution is 7.12. The zero-order valence-corrected chi connectivity index (χ0v) is 14.0. The molecule has 0 aliphatic rings. The molecule has 1 unspecified atom stereocenters. The Morgan fingerprint density at radius 3 is 2.67 bits per heavy atom. The number of hydrogen-bond acceptors (Lipinski definition) is 4. The molecule has 2 rings (SSSR count). The molecule has 0 saturated heterocycles. The second kappa shape index (κ2) is 7.43. The van der Waals surface area contributed by atoms with E-state index < -0.39 is 0 Å². The van der Waals surface area contributed by atoms with Crippen molar-refractivity contribution in [3.8, 4) is 0 Å². The molecular weight excluding hydrogens is 306 g/mol. The molecule has 2 aromatic rings. The first-order chi connectivity index (χ1) is 9.45. The van der Waals surface area contributed by atoms with Gasteiger partial charge >= 0.3 is 0 Å². The van der Waals surface area contributed by atoms with Crippen molar-refractivity contribution in [1.82, 2.24) is 10.3 Å². The van der Waals surface area contributed by atoms with Crippen LogP contribution in [0.25, 0.3) is 0 Å². The van der Waals surface area contributed by atoms with Crippen LogP contribution in [0, 0.1) is 13.8 Å². The number of aryl methyl sites for hydroxylation is 2. The van der Waals surface area contributed by atoms with Gasteiger partial charge in [-0.25, -0.2) is 0 Å². The molecule has 0 bridgehead atoms. The smallest absolute Gasteiger partial charge is 0.226 e. The van der Waals surface area contributed by atoms with Crippen LogP contribution < -0.4 is 11.1 Å². The first-order valence-electron chi connectivity index (χ1n) is 6.52. The van der Waals surface area contributed by atoms with Gasteiger partial charge in [-0.1, -0.05) is 0 Å². The summed E-state index contributed by atoms with van der Waals surface area (Å²) in [6, 6.07) is 5.68. The fraction of sp³-hybridized carbons (Fsp3) is 0.333. The minimum atomic E-state index is -0.0296. The number of pyridine rings is 1. The molecule has 0 spiro atoms. The number of aromatic nitrogens is 1. The first kappa shape index (κ1) is 17.5. The van der Waals surface area contributed by atoms with E-state index in [4.69, 9.17) is 5.73 Å². The number of rotatable bonds is 4. The Bertz CT molecular complexity index is 610. The number of hydrogen-bond donors (Lipinski definition) is 2. The second-order valence-electron chi connectivity index (χ2n) is 4.92. The Morgan fingerprint density at radius 1 is 1.43 bits per heavy atom. The molecule has 0 aromatic carbocycles. The van der Waals surface area contributed by atoms with Crippen LogP contribution in [0.15, 0.2) is 24.4 Å². The van der Waals surface area contributed by atoms with Gasteiger partial charge in [0.25, 0.3) is 0 Å². The zero-order valence-electron chi connectivity index (χ0n) is 12.3. The number of nitrogens with one attached hydrogen (secondary N) is 1. The lowest BCUT2D eigenvalue weighted by Crippen LogP contribution is -2.28. The predicted molar refractivity (Wildman–Crippen MR) is 90.0 cm³/mol. The summed E-state index contributed by atoms with van der Waals surface area (Å²) in [6.07, 6.45) is 1.84. The summed E-state index contributed by atoms with van der Waals surface area (Å²) >= 11 is 1.75. The van der Waals surface area contributed by atoms with E-state index in [2.05, 4.69) is 30.2 Å². The maximum Gasteiger partial charge on any atom is 0.226 e. The SMILES string of the molecule is Cc1cc(C(C)NC(=O)Cc2ccc(N)cn2)c(C)s1.Cl. The van der Waals surface area contributed by atoms with E-state index >= 15 is 0 Å². The largest absolute Gasteiger partial charge is 0.397 e. The highest BCUT2D eigenvalue weighted by Gasteiger charge is 2.14. The van der Waals surface area contributed by atoms with E-state index in [0.717, 1.165) is 5.69 Å². The van der Waals surface area contributed by atoms with Gasteiger partial charge in [-0.05, 0) is 44.5 Å². The van der Waals surface area contributed by atoms with E-state index in [0.29, 0.717) is 5.69 Å². The van der Waals surface area contributed by atoms with Gasteiger partial charge in [0, 0.05) is 15.4 Å². The molecule has 2 aromatic heterocycles. The Kier molecular flexibility index (Phi) is 6.18. The van der Waals surface area contributed by atoms with Crippen LogP contribution in [-0.2, 0) is 11.2 Å². The van der Waals surface area contributed by atoms with E-state index in [1.807, 2.05) is 6.92 Å². The van der Waals surface area contributed by atoms with E-state index in [1.54, 1.807) is 29.7 Å². The highest BCUT2D eigenvalue weighted by Crippen LogP contribution is 2.26. The summed E-state index contributed by atoms with van der Waals surface area (Å²) in [5.41, 5.74) is 8.09. The molecule has 0 aliphatic heterocycles. The second-order valence-corrected chi connectivity index (χ2v) is 6.38. The third kappa shape index (κ3) is 4.72. The van der Waals surface area contributed by atoms with Crippen molar-refractivity contribution in [2.45, 2.75) is 33.2 Å². The molecule has 6 heteroatoms. The van der Waals surface area contributed by atoms with Crippen molar-refractivity contribution >= 4 is 35.3 Å². The zero-order chi connectivity index (χ0) is 14.7. The molecule has 1 atom stereocenters. The van der Waals surface area contributed by atoms with Gasteiger partial charge in [-0.2, -0.15) is 0 Å². The third-order valence-corrected chi connectivity index (χ3v) is 4.09. The third-order valence-electron chi connectivity index (χ3n) is 3.11. The number of halogens is 1. The lowest BCUT2D eigenvalue weighted by molar-refractivity contribution is -0.121. The number of anilines is 1. The minimum Gasteiger partial charge on any atom is -0.397 e. The van der Waals surface area contributed by atoms with Gasteiger partial charge in [0.05, 0.1) is 24.3 Å². The summed E-state index contributed by atoms with van der Waals surface area (Å²) in [5.74, 6) is -0.0296. The number of carbonyl (C=O) groups excluding carboxylic acids is 1. The van der Waals surface area contributed by atoms with Crippen LogP contribution >= 0.6 is 23.7 Å². The monoisotopic (exact) mass is 325 g/mol. The fourth-order valence-corrected chi connectivity index (χ4v) is 3.18. The molecule has 114 valence electrons. The maximum absolute atomic E-state index is 12.0.